The van der Waals surface area contributed by atoms with E-state index in [0.29, 0.717) is 33.4 Å². The lowest BCUT2D eigenvalue weighted by Gasteiger charge is -2.33. The number of piperazine rings is 1. The Hall–Kier alpha value is -3.71. The number of halogens is 3. The number of pyridine rings is 1. The summed E-state index contributed by atoms with van der Waals surface area (Å²) in [5, 5.41) is 17.5. The van der Waals surface area contributed by atoms with E-state index in [2.05, 4.69) is 47.5 Å². The van der Waals surface area contributed by atoms with Gasteiger partial charge >= 0.3 is 6.18 Å². The maximum Gasteiger partial charge on any atom is 0.445 e. The van der Waals surface area contributed by atoms with E-state index in [1.54, 1.807) is 42.6 Å². The molecule has 1 saturated heterocycles. The molecule has 35 heavy (non-hydrogen) atoms. The summed E-state index contributed by atoms with van der Waals surface area (Å²) in [7, 11) is 2.07. The normalized spacial score (nSPS) is 14.9. The SMILES string of the molecule is CN1CCN(c2cc(C(=O)Nc3cc4cc(-c5nnc(C(F)(F)F)s5)ccc4nn3)ccn2)CC1. The van der Waals surface area contributed by atoms with Gasteiger partial charge in [-0.1, -0.05) is 11.3 Å². The number of anilines is 2. The van der Waals surface area contributed by atoms with Gasteiger partial charge in [-0.15, -0.1) is 20.4 Å². The number of nitrogens with one attached hydrogen (secondary N) is 1. The molecule has 0 bridgehead atoms. The summed E-state index contributed by atoms with van der Waals surface area (Å²) in [6, 6.07) is 9.84. The van der Waals surface area contributed by atoms with Crippen molar-refractivity contribution in [1.82, 2.24) is 30.3 Å². The Bertz CT molecular complexity index is 1380. The van der Waals surface area contributed by atoms with Gasteiger partial charge in [0.1, 0.15) is 10.8 Å². The van der Waals surface area contributed by atoms with E-state index in [-0.39, 0.29) is 16.7 Å². The van der Waals surface area contributed by atoms with Crippen LogP contribution in [0.1, 0.15) is 15.4 Å². The summed E-state index contributed by atoms with van der Waals surface area (Å²) < 4.78 is 38.6. The number of hydrogen-bond donors (Lipinski definition) is 1. The number of hydrogen-bond acceptors (Lipinski definition) is 9. The molecular formula is C22H19F3N8OS. The first kappa shape index (κ1) is 23.1. The number of likely N-dealkylation sites (N-methyl/N-ethyl adjacent to an activating group) is 1. The molecule has 0 atom stereocenters. The Labute approximate surface area is 201 Å². The number of carbonyl (C=O) groups excluding carboxylic acids is 1. The first-order valence-corrected chi connectivity index (χ1v) is 11.5. The summed E-state index contributed by atoms with van der Waals surface area (Å²) >= 11 is 0.461. The number of carbonyl (C=O) groups is 1. The monoisotopic (exact) mass is 500 g/mol. The second-order valence-corrected chi connectivity index (χ2v) is 9.04. The summed E-state index contributed by atoms with van der Waals surface area (Å²) in [5.41, 5.74) is 1.41. The zero-order chi connectivity index (χ0) is 24.6. The average Bonchev–Trinajstić information content (AvgIpc) is 3.35. The van der Waals surface area contributed by atoms with Crippen LogP contribution in [0.4, 0.5) is 24.8 Å². The van der Waals surface area contributed by atoms with Crippen LogP contribution in [0.25, 0.3) is 21.5 Å². The molecule has 0 radical (unpaired) electrons. The van der Waals surface area contributed by atoms with Gasteiger partial charge in [-0.05, 0) is 43.4 Å². The van der Waals surface area contributed by atoms with Gasteiger partial charge < -0.3 is 15.1 Å². The lowest BCUT2D eigenvalue weighted by molar-refractivity contribution is -0.138. The van der Waals surface area contributed by atoms with Gasteiger partial charge in [0.05, 0.1) is 5.52 Å². The molecule has 0 spiro atoms. The second-order valence-electron chi connectivity index (χ2n) is 8.06. The van der Waals surface area contributed by atoms with Crippen LogP contribution in [0.2, 0.25) is 0 Å². The predicted molar refractivity (Wildman–Crippen MR) is 125 cm³/mol. The van der Waals surface area contributed by atoms with Crippen LogP contribution >= 0.6 is 11.3 Å². The minimum atomic E-state index is -4.55. The topological polar surface area (TPSA) is 100 Å². The van der Waals surface area contributed by atoms with E-state index >= 15 is 0 Å². The molecule has 1 amide bonds. The summed E-state index contributed by atoms with van der Waals surface area (Å²) in [6.45, 7) is 3.49. The molecule has 13 heteroatoms. The number of fused-ring (bicyclic) bond motifs is 1. The van der Waals surface area contributed by atoms with Crippen molar-refractivity contribution >= 4 is 39.8 Å². The lowest BCUT2D eigenvalue weighted by atomic mass is 10.1. The molecule has 1 fully saturated rings. The van der Waals surface area contributed by atoms with Crippen LogP contribution in [0.15, 0.2) is 42.6 Å². The molecule has 1 aliphatic rings. The van der Waals surface area contributed by atoms with Crippen LogP contribution in [-0.4, -0.2) is 69.4 Å². The standard InChI is InChI=1S/C22H19F3N8OS/c1-32-6-8-33(9-7-32)18-12-13(4-5-26-18)19(34)27-17-11-15-10-14(2-3-16(15)28-29-17)20-30-31-21(35-20)22(23,24)25/h2-5,10-12H,6-9H2,1H3,(H,27,29,34). The highest BCUT2D eigenvalue weighted by Gasteiger charge is 2.35. The molecule has 1 aliphatic heterocycles. The lowest BCUT2D eigenvalue weighted by Crippen LogP contribution is -2.44. The highest BCUT2D eigenvalue weighted by molar-refractivity contribution is 7.14. The molecule has 0 aliphatic carbocycles. The third kappa shape index (κ3) is 5.05. The van der Waals surface area contributed by atoms with E-state index < -0.39 is 11.2 Å². The van der Waals surface area contributed by atoms with Gasteiger partial charge in [-0.3, -0.25) is 4.79 Å². The van der Waals surface area contributed by atoms with Crippen molar-refractivity contribution in [1.29, 1.82) is 0 Å². The predicted octanol–water partition coefficient (Wildman–Crippen LogP) is 3.57. The number of nitrogens with zero attached hydrogens (tertiary/aromatic N) is 7. The van der Waals surface area contributed by atoms with Crippen LogP contribution in [0, 0.1) is 0 Å². The van der Waals surface area contributed by atoms with Crippen molar-refractivity contribution in [2.45, 2.75) is 6.18 Å². The maximum atomic E-state index is 12.9. The van der Waals surface area contributed by atoms with Crippen LogP contribution in [0.5, 0.6) is 0 Å². The number of benzene rings is 1. The van der Waals surface area contributed by atoms with Crippen molar-refractivity contribution in [2.75, 3.05) is 43.4 Å². The van der Waals surface area contributed by atoms with E-state index in [1.165, 1.54) is 0 Å². The van der Waals surface area contributed by atoms with Gasteiger partial charge in [0.2, 0.25) is 5.01 Å². The summed E-state index contributed by atoms with van der Waals surface area (Å²) in [5.74, 6) is 0.577. The van der Waals surface area contributed by atoms with Crippen molar-refractivity contribution in [2.24, 2.45) is 0 Å². The minimum absolute atomic E-state index is 0.134. The fourth-order valence-electron chi connectivity index (χ4n) is 3.65. The molecule has 4 aromatic rings. The Kier molecular flexibility index (Phi) is 6.03. The fraction of sp³-hybridized carbons (Fsp3) is 0.273. The second kappa shape index (κ2) is 9.15. The van der Waals surface area contributed by atoms with Crippen molar-refractivity contribution in [3.8, 4) is 10.6 Å². The average molecular weight is 501 g/mol. The third-order valence-electron chi connectivity index (χ3n) is 5.58. The fourth-order valence-corrected chi connectivity index (χ4v) is 4.36. The van der Waals surface area contributed by atoms with Gasteiger partial charge in [0.25, 0.3) is 5.91 Å². The third-order valence-corrected chi connectivity index (χ3v) is 6.59. The van der Waals surface area contributed by atoms with E-state index in [4.69, 9.17) is 0 Å². The Morgan fingerprint density at radius 1 is 1.00 bits per heavy atom. The first-order valence-electron chi connectivity index (χ1n) is 10.7. The van der Waals surface area contributed by atoms with E-state index in [0.717, 1.165) is 32.0 Å². The largest absolute Gasteiger partial charge is 0.445 e. The molecule has 9 nitrogen and oxygen atoms in total. The number of amides is 1. The zero-order valence-electron chi connectivity index (χ0n) is 18.5. The zero-order valence-corrected chi connectivity index (χ0v) is 19.3. The maximum absolute atomic E-state index is 12.9. The molecule has 0 saturated carbocycles. The van der Waals surface area contributed by atoms with Gasteiger partial charge in [-0.2, -0.15) is 13.2 Å². The Balaban J connectivity index is 1.35. The smallest absolute Gasteiger partial charge is 0.354 e. The molecule has 5 rings (SSSR count). The highest BCUT2D eigenvalue weighted by Crippen LogP contribution is 2.35. The van der Waals surface area contributed by atoms with Gasteiger partial charge in [0.15, 0.2) is 5.82 Å². The molecule has 1 aromatic carbocycles. The highest BCUT2D eigenvalue weighted by atomic mass is 32.1. The van der Waals surface area contributed by atoms with Crippen LogP contribution in [0.3, 0.4) is 0 Å². The number of rotatable bonds is 4. The molecule has 3 aromatic heterocycles. The minimum Gasteiger partial charge on any atom is -0.354 e. The van der Waals surface area contributed by atoms with Crippen LogP contribution in [-0.2, 0) is 6.18 Å². The Morgan fingerprint density at radius 3 is 2.54 bits per heavy atom. The molecular weight excluding hydrogens is 481 g/mol. The quantitative estimate of drug-likeness (QED) is 0.454. The Morgan fingerprint density at radius 2 is 1.80 bits per heavy atom. The molecule has 180 valence electrons. The first-order chi connectivity index (χ1) is 16.8. The van der Waals surface area contributed by atoms with E-state index in [1.807, 2.05) is 0 Å². The molecule has 0 unspecified atom stereocenters. The van der Waals surface area contributed by atoms with Gasteiger partial charge in [0, 0.05) is 48.9 Å². The summed E-state index contributed by atoms with van der Waals surface area (Å²) in [4.78, 5) is 21.6. The van der Waals surface area contributed by atoms with E-state index in [9.17, 15) is 18.0 Å². The molecule has 4 heterocycles. The van der Waals surface area contributed by atoms with Crippen LogP contribution < -0.4 is 10.2 Å². The number of alkyl halides is 3. The van der Waals surface area contributed by atoms with Gasteiger partial charge in [-0.25, -0.2) is 4.98 Å². The summed E-state index contributed by atoms with van der Waals surface area (Å²) in [6.07, 6.45) is -2.95. The van der Waals surface area contributed by atoms with Crippen molar-refractivity contribution in [3.05, 3.63) is 53.2 Å². The van der Waals surface area contributed by atoms with Crippen molar-refractivity contribution in [3.63, 3.8) is 0 Å². The number of aromatic nitrogens is 5. The molecule has 1 N–H and O–H groups in total. The van der Waals surface area contributed by atoms with Crippen molar-refractivity contribution < 1.29 is 18.0 Å².